The van der Waals surface area contributed by atoms with Gasteiger partial charge in [0.15, 0.2) is 0 Å². The lowest BCUT2D eigenvalue weighted by atomic mass is 10.1. The molecule has 3 heteroatoms. The van der Waals surface area contributed by atoms with Crippen LogP contribution in [0.3, 0.4) is 0 Å². The highest BCUT2D eigenvalue weighted by molar-refractivity contribution is 6.32. The molecular weight excluding hydrogens is 256 g/mol. The maximum Gasteiger partial charge on any atom is 0.101 e. The van der Waals surface area contributed by atoms with Crippen molar-refractivity contribution in [1.82, 2.24) is 0 Å². The number of nitrogens with one attached hydrogen (secondary N) is 1. The largest absolute Gasteiger partial charge is 0.378 e. The van der Waals surface area contributed by atoms with Gasteiger partial charge < -0.3 is 5.32 Å². The van der Waals surface area contributed by atoms with Crippen LogP contribution in [0.25, 0.3) is 0 Å². The van der Waals surface area contributed by atoms with E-state index in [1.807, 2.05) is 6.07 Å². The van der Waals surface area contributed by atoms with Crippen molar-refractivity contribution in [3.05, 3.63) is 64.2 Å². The van der Waals surface area contributed by atoms with Gasteiger partial charge in [-0.25, -0.2) is 0 Å². The van der Waals surface area contributed by atoms with Gasteiger partial charge in [0.25, 0.3) is 0 Å². The zero-order valence-corrected chi connectivity index (χ0v) is 11.7. The van der Waals surface area contributed by atoms with Crippen LogP contribution in [0.15, 0.2) is 42.5 Å². The summed E-state index contributed by atoms with van der Waals surface area (Å²) < 4.78 is 0. The average Bonchev–Trinajstić information content (AvgIpc) is 2.39. The minimum atomic E-state index is 0.185. The fourth-order valence-corrected chi connectivity index (χ4v) is 2.11. The van der Waals surface area contributed by atoms with Crippen molar-refractivity contribution in [3.8, 4) is 6.07 Å². The molecule has 2 aromatic carbocycles. The molecule has 0 heterocycles. The van der Waals surface area contributed by atoms with Crippen molar-refractivity contribution in [2.75, 3.05) is 5.32 Å². The van der Waals surface area contributed by atoms with E-state index in [4.69, 9.17) is 16.9 Å². The van der Waals surface area contributed by atoms with E-state index in [0.29, 0.717) is 10.6 Å². The third-order valence-corrected chi connectivity index (χ3v) is 3.36. The number of anilines is 1. The van der Waals surface area contributed by atoms with E-state index in [9.17, 15) is 0 Å². The van der Waals surface area contributed by atoms with Gasteiger partial charge in [-0.05, 0) is 37.6 Å². The summed E-state index contributed by atoms with van der Waals surface area (Å²) in [6, 6.07) is 16.0. The molecule has 2 nitrogen and oxygen atoms in total. The van der Waals surface area contributed by atoms with E-state index in [1.165, 1.54) is 11.1 Å². The van der Waals surface area contributed by atoms with Crippen LogP contribution in [0.1, 0.15) is 29.7 Å². The van der Waals surface area contributed by atoms with E-state index in [0.717, 1.165) is 5.69 Å². The van der Waals surface area contributed by atoms with Crippen molar-refractivity contribution < 1.29 is 0 Å². The molecule has 0 saturated carbocycles. The van der Waals surface area contributed by atoms with Crippen molar-refractivity contribution in [1.29, 1.82) is 5.26 Å². The molecule has 0 bridgehead atoms. The first-order valence-electron chi connectivity index (χ1n) is 6.13. The second-order valence-corrected chi connectivity index (χ2v) is 4.99. The first-order chi connectivity index (χ1) is 9.10. The Bertz CT molecular complexity index is 612. The van der Waals surface area contributed by atoms with Gasteiger partial charge in [-0.3, -0.25) is 0 Å². The predicted octanol–water partition coefficient (Wildman–Crippen LogP) is 4.69. The Morgan fingerprint density at radius 1 is 1.16 bits per heavy atom. The summed E-state index contributed by atoms with van der Waals surface area (Å²) in [5.74, 6) is 0. The fraction of sp³-hybridized carbons (Fsp3) is 0.188. The minimum Gasteiger partial charge on any atom is -0.378 e. The van der Waals surface area contributed by atoms with Gasteiger partial charge >= 0.3 is 0 Å². The molecule has 2 rings (SSSR count). The Balaban J connectivity index is 2.15. The first kappa shape index (κ1) is 13.5. The lowest BCUT2D eigenvalue weighted by molar-refractivity contribution is 0.884. The predicted molar refractivity (Wildman–Crippen MR) is 79.4 cm³/mol. The Morgan fingerprint density at radius 3 is 2.42 bits per heavy atom. The van der Waals surface area contributed by atoms with Gasteiger partial charge in [0.05, 0.1) is 10.6 Å². The number of nitriles is 1. The van der Waals surface area contributed by atoms with E-state index in [1.54, 1.807) is 12.1 Å². The fourth-order valence-electron chi connectivity index (χ4n) is 1.88. The second-order valence-electron chi connectivity index (χ2n) is 4.58. The molecule has 19 heavy (non-hydrogen) atoms. The molecule has 1 atom stereocenters. The number of aryl methyl sites for hydroxylation is 1. The third-order valence-electron chi connectivity index (χ3n) is 3.05. The molecule has 0 fully saturated rings. The molecule has 96 valence electrons. The van der Waals surface area contributed by atoms with E-state index in [-0.39, 0.29) is 6.04 Å². The maximum absolute atomic E-state index is 8.84. The summed E-state index contributed by atoms with van der Waals surface area (Å²) in [6.07, 6.45) is 0. The van der Waals surface area contributed by atoms with Crippen LogP contribution < -0.4 is 5.32 Å². The zero-order chi connectivity index (χ0) is 13.8. The summed E-state index contributed by atoms with van der Waals surface area (Å²) in [5.41, 5.74) is 3.87. The standard InChI is InChI=1S/C16H15ClN2/c1-11-3-5-13(6-4-11)12(2)19-15-8-7-14(10-18)16(17)9-15/h3-9,12,19H,1-2H3. The number of nitrogens with zero attached hydrogens (tertiary/aromatic N) is 1. The van der Waals surface area contributed by atoms with E-state index >= 15 is 0 Å². The van der Waals surface area contributed by atoms with Gasteiger partial charge in [0, 0.05) is 11.7 Å². The van der Waals surface area contributed by atoms with Gasteiger partial charge in [-0.15, -0.1) is 0 Å². The number of halogens is 1. The van der Waals surface area contributed by atoms with Crippen LogP contribution in [-0.4, -0.2) is 0 Å². The maximum atomic E-state index is 8.84. The summed E-state index contributed by atoms with van der Waals surface area (Å²) in [7, 11) is 0. The van der Waals surface area contributed by atoms with Gasteiger partial charge in [-0.2, -0.15) is 5.26 Å². The lowest BCUT2D eigenvalue weighted by Crippen LogP contribution is -2.06. The van der Waals surface area contributed by atoms with Crippen LogP contribution in [0.5, 0.6) is 0 Å². The summed E-state index contributed by atoms with van der Waals surface area (Å²) in [4.78, 5) is 0. The van der Waals surface area contributed by atoms with Crippen LogP contribution in [-0.2, 0) is 0 Å². The van der Waals surface area contributed by atoms with Crippen LogP contribution in [0, 0.1) is 18.3 Å². The van der Waals surface area contributed by atoms with Gasteiger partial charge in [-0.1, -0.05) is 41.4 Å². The average molecular weight is 271 g/mol. The van der Waals surface area contributed by atoms with Crippen molar-refractivity contribution in [3.63, 3.8) is 0 Å². The number of hydrogen-bond donors (Lipinski definition) is 1. The Hall–Kier alpha value is -1.98. The molecule has 0 aromatic heterocycles. The SMILES string of the molecule is Cc1ccc(C(C)Nc2ccc(C#N)c(Cl)c2)cc1. The van der Waals surface area contributed by atoms with Crippen LogP contribution >= 0.6 is 11.6 Å². The number of benzene rings is 2. The molecule has 0 aliphatic heterocycles. The molecule has 0 spiro atoms. The molecule has 2 aromatic rings. The molecular formula is C16H15ClN2. The quantitative estimate of drug-likeness (QED) is 0.878. The molecule has 0 amide bonds. The van der Waals surface area contributed by atoms with E-state index in [2.05, 4.69) is 49.5 Å². The Kier molecular flexibility index (Phi) is 4.09. The highest BCUT2D eigenvalue weighted by Crippen LogP contribution is 2.24. The zero-order valence-electron chi connectivity index (χ0n) is 10.9. The van der Waals surface area contributed by atoms with Crippen LogP contribution in [0.4, 0.5) is 5.69 Å². The summed E-state index contributed by atoms with van der Waals surface area (Å²) in [6.45, 7) is 4.17. The van der Waals surface area contributed by atoms with Crippen LogP contribution in [0.2, 0.25) is 5.02 Å². The molecule has 0 radical (unpaired) electrons. The monoisotopic (exact) mass is 270 g/mol. The molecule has 0 aliphatic rings. The van der Waals surface area contributed by atoms with Gasteiger partial charge in [0.1, 0.15) is 6.07 Å². The molecule has 1 unspecified atom stereocenters. The van der Waals surface area contributed by atoms with Crippen molar-refractivity contribution in [2.45, 2.75) is 19.9 Å². The normalized spacial score (nSPS) is 11.7. The summed E-state index contributed by atoms with van der Waals surface area (Å²) >= 11 is 6.02. The van der Waals surface area contributed by atoms with Crippen molar-refractivity contribution in [2.24, 2.45) is 0 Å². The Morgan fingerprint density at radius 2 is 1.84 bits per heavy atom. The number of rotatable bonds is 3. The number of hydrogen-bond acceptors (Lipinski definition) is 2. The molecule has 0 saturated heterocycles. The topological polar surface area (TPSA) is 35.8 Å². The minimum absolute atomic E-state index is 0.185. The first-order valence-corrected chi connectivity index (χ1v) is 6.50. The van der Waals surface area contributed by atoms with Gasteiger partial charge in [0.2, 0.25) is 0 Å². The summed E-state index contributed by atoms with van der Waals surface area (Å²) in [5, 5.41) is 12.7. The van der Waals surface area contributed by atoms with Crippen molar-refractivity contribution >= 4 is 17.3 Å². The molecule has 0 aliphatic carbocycles. The Labute approximate surface area is 118 Å². The third kappa shape index (κ3) is 3.27. The smallest absolute Gasteiger partial charge is 0.101 e. The molecule has 1 N–H and O–H groups in total. The second kappa shape index (κ2) is 5.77. The highest BCUT2D eigenvalue weighted by Gasteiger charge is 2.06. The van der Waals surface area contributed by atoms with E-state index < -0.39 is 0 Å². The highest BCUT2D eigenvalue weighted by atomic mass is 35.5. The lowest BCUT2D eigenvalue weighted by Gasteiger charge is -2.16.